The molecule has 0 heterocycles. The molecule has 120 valence electrons. The molecule has 0 spiro atoms. The van der Waals surface area contributed by atoms with E-state index in [4.69, 9.17) is 12.2 Å². The maximum Gasteiger partial charge on any atom is 0.191 e. The van der Waals surface area contributed by atoms with Gasteiger partial charge in [-0.05, 0) is 73.9 Å². The van der Waals surface area contributed by atoms with Crippen molar-refractivity contribution in [1.82, 2.24) is 5.43 Å². The van der Waals surface area contributed by atoms with Crippen LogP contribution in [0.4, 0.5) is 5.69 Å². The molecule has 1 aliphatic rings. The summed E-state index contributed by atoms with van der Waals surface area (Å²) in [5.41, 5.74) is 8.07. The van der Waals surface area contributed by atoms with Crippen LogP contribution in [0.25, 0.3) is 0 Å². The Morgan fingerprint density at radius 3 is 2.73 bits per heavy atom. The Bertz CT molecular complexity index is 590. The Morgan fingerprint density at radius 2 is 2.05 bits per heavy atom. The fourth-order valence-electron chi connectivity index (χ4n) is 3.37. The molecule has 1 aromatic carbocycles. The minimum absolute atomic E-state index is 0.334. The van der Waals surface area contributed by atoms with Crippen molar-refractivity contribution in [2.75, 3.05) is 5.32 Å². The smallest absolute Gasteiger partial charge is 0.191 e. The van der Waals surface area contributed by atoms with Gasteiger partial charge in [0.05, 0.1) is 0 Å². The summed E-state index contributed by atoms with van der Waals surface area (Å²) in [7, 11) is 0. The molecule has 2 N–H and O–H groups in total. The van der Waals surface area contributed by atoms with Crippen LogP contribution in [-0.2, 0) is 0 Å². The second-order valence-corrected chi connectivity index (χ2v) is 7.75. The Kier molecular flexibility index (Phi) is 5.22. The molecule has 0 saturated heterocycles. The van der Waals surface area contributed by atoms with E-state index in [1.165, 1.54) is 23.3 Å². The van der Waals surface area contributed by atoms with E-state index in [1.54, 1.807) is 0 Å². The number of hydrazone groups is 1. The fraction of sp³-hybridized carbons (Fsp3) is 0.556. The normalized spacial score (nSPS) is 22.4. The van der Waals surface area contributed by atoms with Crippen LogP contribution in [0.15, 0.2) is 23.3 Å². The summed E-state index contributed by atoms with van der Waals surface area (Å²) in [6.45, 7) is 11.1. The van der Waals surface area contributed by atoms with Gasteiger partial charge in [0, 0.05) is 11.4 Å². The summed E-state index contributed by atoms with van der Waals surface area (Å²) in [6.07, 6.45) is 3.36. The summed E-state index contributed by atoms with van der Waals surface area (Å²) < 4.78 is 0. The molecular formula is C18H27N3S. The van der Waals surface area contributed by atoms with Gasteiger partial charge in [-0.25, -0.2) is 0 Å². The quantitative estimate of drug-likeness (QED) is 0.608. The molecule has 1 aliphatic carbocycles. The van der Waals surface area contributed by atoms with Crippen LogP contribution in [0, 0.1) is 25.2 Å². The monoisotopic (exact) mass is 317 g/mol. The maximum atomic E-state index is 5.36. The van der Waals surface area contributed by atoms with Crippen molar-refractivity contribution in [3.8, 4) is 0 Å². The third kappa shape index (κ3) is 4.54. The number of anilines is 1. The lowest BCUT2D eigenvalue weighted by Gasteiger charge is -2.34. The number of rotatable bonds is 2. The average molecular weight is 318 g/mol. The number of hydrogen-bond acceptors (Lipinski definition) is 2. The first-order valence-electron chi connectivity index (χ1n) is 7.95. The minimum Gasteiger partial charge on any atom is -0.331 e. The Hall–Kier alpha value is -1.42. The van der Waals surface area contributed by atoms with E-state index in [9.17, 15) is 0 Å². The summed E-state index contributed by atoms with van der Waals surface area (Å²) in [5.74, 6) is 0.685. The zero-order valence-corrected chi connectivity index (χ0v) is 15.1. The molecule has 1 atom stereocenters. The number of nitrogens with zero attached hydrogens (tertiary/aromatic N) is 1. The number of thiocarbonyl (C=S) groups is 1. The van der Waals surface area contributed by atoms with Gasteiger partial charge in [0.15, 0.2) is 5.11 Å². The van der Waals surface area contributed by atoms with Gasteiger partial charge in [0.2, 0.25) is 0 Å². The largest absolute Gasteiger partial charge is 0.331 e. The van der Waals surface area contributed by atoms with E-state index >= 15 is 0 Å². The minimum atomic E-state index is 0.334. The SMILES string of the molecule is Cc1cccc(NC(=S)NN=C2CC(C)CC(C)(C)C2)c1C. The molecule has 1 aromatic rings. The first-order valence-corrected chi connectivity index (χ1v) is 8.36. The van der Waals surface area contributed by atoms with Crippen molar-refractivity contribution in [3.05, 3.63) is 29.3 Å². The van der Waals surface area contributed by atoms with Crippen LogP contribution in [-0.4, -0.2) is 10.8 Å². The van der Waals surface area contributed by atoms with Gasteiger partial charge >= 0.3 is 0 Å². The molecule has 4 heteroatoms. The Labute approximate surface area is 139 Å². The molecule has 1 fully saturated rings. The molecule has 0 amide bonds. The van der Waals surface area contributed by atoms with Crippen LogP contribution in [0.2, 0.25) is 0 Å². The van der Waals surface area contributed by atoms with Crippen LogP contribution < -0.4 is 10.7 Å². The third-order valence-corrected chi connectivity index (χ3v) is 4.53. The van der Waals surface area contributed by atoms with Crippen molar-refractivity contribution in [3.63, 3.8) is 0 Å². The Balaban J connectivity index is 1.98. The van der Waals surface area contributed by atoms with Crippen molar-refractivity contribution in [2.45, 2.75) is 53.9 Å². The van der Waals surface area contributed by atoms with Crippen molar-refractivity contribution in [2.24, 2.45) is 16.4 Å². The molecule has 0 aliphatic heterocycles. The van der Waals surface area contributed by atoms with Crippen LogP contribution in [0.3, 0.4) is 0 Å². The van der Waals surface area contributed by atoms with E-state index in [0.717, 1.165) is 18.5 Å². The lowest BCUT2D eigenvalue weighted by atomic mass is 9.72. The molecule has 1 saturated carbocycles. The standard InChI is InChI=1S/C18H27N3S/c1-12-9-15(11-18(4,5)10-12)20-21-17(22)19-16-8-6-7-13(2)14(16)3/h6-8,12H,9-11H2,1-5H3,(H2,19,21,22). The zero-order chi connectivity index (χ0) is 16.3. The number of hydrogen-bond donors (Lipinski definition) is 2. The first-order chi connectivity index (χ1) is 10.3. The van der Waals surface area contributed by atoms with Gasteiger partial charge in [0.1, 0.15) is 0 Å². The van der Waals surface area contributed by atoms with Gasteiger partial charge in [-0.3, -0.25) is 5.43 Å². The van der Waals surface area contributed by atoms with E-state index in [2.05, 4.69) is 56.5 Å². The molecule has 0 bridgehead atoms. The predicted octanol–water partition coefficient (Wildman–Crippen LogP) is 4.79. The molecular weight excluding hydrogens is 290 g/mol. The second-order valence-electron chi connectivity index (χ2n) is 7.35. The van der Waals surface area contributed by atoms with Gasteiger partial charge in [-0.1, -0.05) is 32.9 Å². The van der Waals surface area contributed by atoms with Crippen molar-refractivity contribution < 1.29 is 0 Å². The van der Waals surface area contributed by atoms with Crippen LogP contribution in [0.1, 0.15) is 51.2 Å². The highest BCUT2D eigenvalue weighted by molar-refractivity contribution is 7.80. The van der Waals surface area contributed by atoms with E-state index in [1.807, 2.05) is 12.1 Å². The molecule has 2 rings (SSSR count). The highest BCUT2D eigenvalue weighted by Gasteiger charge is 2.29. The Morgan fingerprint density at radius 1 is 1.32 bits per heavy atom. The summed E-state index contributed by atoms with van der Waals surface area (Å²) in [4.78, 5) is 0. The first kappa shape index (κ1) is 16.9. The molecule has 22 heavy (non-hydrogen) atoms. The number of aryl methyl sites for hydroxylation is 1. The lowest BCUT2D eigenvalue weighted by molar-refractivity contribution is 0.265. The summed E-state index contributed by atoms with van der Waals surface area (Å²) in [6, 6.07) is 6.17. The highest BCUT2D eigenvalue weighted by Crippen LogP contribution is 2.36. The molecule has 1 unspecified atom stereocenters. The van der Waals surface area contributed by atoms with E-state index in [0.29, 0.717) is 16.4 Å². The van der Waals surface area contributed by atoms with E-state index in [-0.39, 0.29) is 0 Å². The number of nitrogens with one attached hydrogen (secondary N) is 2. The second kappa shape index (κ2) is 6.78. The van der Waals surface area contributed by atoms with Gasteiger partial charge < -0.3 is 5.32 Å². The predicted molar refractivity (Wildman–Crippen MR) is 99.5 cm³/mol. The lowest BCUT2D eigenvalue weighted by Crippen LogP contribution is -2.31. The average Bonchev–Trinajstić information content (AvgIpc) is 2.39. The molecule has 3 nitrogen and oxygen atoms in total. The van der Waals surface area contributed by atoms with Gasteiger partial charge in [-0.15, -0.1) is 0 Å². The van der Waals surface area contributed by atoms with Crippen LogP contribution >= 0.6 is 12.2 Å². The van der Waals surface area contributed by atoms with Crippen molar-refractivity contribution >= 4 is 28.7 Å². The maximum absolute atomic E-state index is 5.36. The van der Waals surface area contributed by atoms with Gasteiger partial charge in [-0.2, -0.15) is 5.10 Å². The van der Waals surface area contributed by atoms with E-state index < -0.39 is 0 Å². The molecule has 0 radical (unpaired) electrons. The van der Waals surface area contributed by atoms with Crippen molar-refractivity contribution in [1.29, 1.82) is 0 Å². The fourth-order valence-corrected chi connectivity index (χ4v) is 3.52. The summed E-state index contributed by atoms with van der Waals surface area (Å²) in [5, 5.41) is 8.33. The number of benzene rings is 1. The highest BCUT2D eigenvalue weighted by atomic mass is 32.1. The topological polar surface area (TPSA) is 36.4 Å². The molecule has 0 aromatic heterocycles. The summed E-state index contributed by atoms with van der Waals surface area (Å²) >= 11 is 5.36. The van der Waals surface area contributed by atoms with Gasteiger partial charge in [0.25, 0.3) is 0 Å². The third-order valence-electron chi connectivity index (χ3n) is 4.34. The van der Waals surface area contributed by atoms with Crippen LogP contribution in [0.5, 0.6) is 0 Å². The zero-order valence-electron chi connectivity index (χ0n) is 14.3.